The van der Waals surface area contributed by atoms with Gasteiger partial charge in [-0.1, -0.05) is 38.2 Å². The normalized spacial score (nSPS) is 12.7. The molecule has 1 unspecified atom stereocenters. The van der Waals surface area contributed by atoms with Crippen molar-refractivity contribution in [1.82, 2.24) is 4.90 Å². The monoisotopic (exact) mass is 268 g/mol. The summed E-state index contributed by atoms with van der Waals surface area (Å²) in [5.74, 6) is -0.238. The summed E-state index contributed by atoms with van der Waals surface area (Å²) >= 11 is 5.18. The molecule has 0 amide bonds. The molecule has 1 atom stereocenters. The lowest BCUT2D eigenvalue weighted by molar-refractivity contribution is 0.245. The van der Waals surface area contributed by atoms with Crippen LogP contribution in [-0.2, 0) is 0 Å². The topological polar surface area (TPSA) is 29.3 Å². The van der Waals surface area contributed by atoms with Crippen LogP contribution in [0.1, 0.15) is 38.3 Å². The Kier molecular flexibility index (Phi) is 6.22. The van der Waals surface area contributed by atoms with Gasteiger partial charge in [-0.05, 0) is 43.6 Å². The largest absolute Gasteiger partial charge is 0.392 e. The van der Waals surface area contributed by atoms with E-state index in [-0.39, 0.29) is 11.9 Å². The van der Waals surface area contributed by atoms with Crippen LogP contribution in [0.3, 0.4) is 0 Å². The van der Waals surface area contributed by atoms with E-state index in [2.05, 4.69) is 18.7 Å². The highest BCUT2D eigenvalue weighted by atomic mass is 32.1. The first-order valence-corrected chi connectivity index (χ1v) is 6.79. The van der Waals surface area contributed by atoms with Crippen molar-refractivity contribution in [3.05, 3.63) is 35.6 Å². The smallest absolute Gasteiger partial charge is 0.123 e. The van der Waals surface area contributed by atoms with Crippen LogP contribution in [0.15, 0.2) is 24.3 Å². The van der Waals surface area contributed by atoms with E-state index in [0.29, 0.717) is 4.99 Å². The summed E-state index contributed by atoms with van der Waals surface area (Å²) in [6.45, 7) is 6.13. The van der Waals surface area contributed by atoms with Gasteiger partial charge in [0, 0.05) is 0 Å². The molecule has 0 saturated carbocycles. The summed E-state index contributed by atoms with van der Waals surface area (Å²) in [6.07, 6.45) is 2.08. The molecule has 0 bridgehead atoms. The van der Waals surface area contributed by atoms with Gasteiger partial charge in [0.25, 0.3) is 0 Å². The van der Waals surface area contributed by atoms with Crippen molar-refractivity contribution in [2.75, 3.05) is 13.1 Å². The minimum absolute atomic E-state index is 0.0968. The fourth-order valence-corrected chi connectivity index (χ4v) is 2.43. The zero-order valence-corrected chi connectivity index (χ0v) is 11.8. The van der Waals surface area contributed by atoms with Crippen LogP contribution < -0.4 is 5.73 Å². The minimum atomic E-state index is -0.238. The van der Waals surface area contributed by atoms with Crippen molar-refractivity contribution < 1.29 is 4.39 Å². The predicted octanol–water partition coefficient (Wildman–Crippen LogP) is 3.27. The Morgan fingerprint density at radius 3 is 2.11 bits per heavy atom. The van der Waals surface area contributed by atoms with Gasteiger partial charge in [0.1, 0.15) is 5.82 Å². The van der Waals surface area contributed by atoms with Gasteiger partial charge < -0.3 is 5.73 Å². The summed E-state index contributed by atoms with van der Waals surface area (Å²) in [6, 6.07) is 6.34. The Morgan fingerprint density at radius 1 is 1.22 bits per heavy atom. The molecule has 0 heterocycles. The lowest BCUT2D eigenvalue weighted by Gasteiger charge is -2.30. The average Bonchev–Trinajstić information content (AvgIpc) is 2.32. The first-order chi connectivity index (χ1) is 8.60. The molecule has 1 rings (SSSR count). The zero-order valence-electron chi connectivity index (χ0n) is 11.0. The number of thiocarbonyl (C=S) groups is 1. The van der Waals surface area contributed by atoms with Crippen molar-refractivity contribution in [3.8, 4) is 0 Å². The Hall–Kier alpha value is -1.00. The third kappa shape index (κ3) is 4.03. The molecule has 0 radical (unpaired) electrons. The highest BCUT2D eigenvalue weighted by molar-refractivity contribution is 7.80. The lowest BCUT2D eigenvalue weighted by Crippen LogP contribution is -2.38. The molecule has 0 aromatic heterocycles. The van der Waals surface area contributed by atoms with E-state index >= 15 is 0 Å². The number of benzene rings is 1. The molecule has 1 aromatic carbocycles. The molecule has 2 N–H and O–H groups in total. The fourth-order valence-electron chi connectivity index (χ4n) is 2.14. The van der Waals surface area contributed by atoms with Crippen LogP contribution in [0.4, 0.5) is 4.39 Å². The van der Waals surface area contributed by atoms with Gasteiger partial charge in [-0.25, -0.2) is 4.39 Å². The van der Waals surface area contributed by atoms with Crippen LogP contribution in [0.2, 0.25) is 0 Å². The van der Waals surface area contributed by atoms with Crippen LogP contribution in [0.5, 0.6) is 0 Å². The van der Waals surface area contributed by atoms with E-state index in [4.69, 9.17) is 18.0 Å². The molecule has 100 valence electrons. The number of hydrogen-bond donors (Lipinski definition) is 1. The maximum Gasteiger partial charge on any atom is 0.123 e. The van der Waals surface area contributed by atoms with Crippen LogP contribution in [0.25, 0.3) is 0 Å². The summed E-state index contributed by atoms with van der Waals surface area (Å²) in [5.41, 5.74) is 6.83. The molecular weight excluding hydrogens is 247 g/mol. The van der Waals surface area contributed by atoms with Crippen molar-refractivity contribution in [1.29, 1.82) is 0 Å². The van der Waals surface area contributed by atoms with Crippen LogP contribution >= 0.6 is 12.2 Å². The maximum atomic E-state index is 13.0. The van der Waals surface area contributed by atoms with Crippen molar-refractivity contribution >= 4 is 17.2 Å². The van der Waals surface area contributed by atoms with E-state index in [1.807, 2.05) is 0 Å². The van der Waals surface area contributed by atoms with Crippen LogP contribution in [-0.4, -0.2) is 23.0 Å². The molecule has 1 aromatic rings. The van der Waals surface area contributed by atoms with Crippen LogP contribution in [0, 0.1) is 5.82 Å². The molecule has 0 aliphatic rings. The first kappa shape index (κ1) is 15.1. The van der Waals surface area contributed by atoms with Gasteiger partial charge in [-0.15, -0.1) is 0 Å². The Morgan fingerprint density at radius 2 is 1.72 bits per heavy atom. The third-order valence-corrected chi connectivity index (χ3v) is 3.07. The summed E-state index contributed by atoms with van der Waals surface area (Å²) in [7, 11) is 0. The van der Waals surface area contributed by atoms with Gasteiger partial charge in [0.05, 0.1) is 11.0 Å². The summed E-state index contributed by atoms with van der Waals surface area (Å²) in [4.78, 5) is 2.71. The van der Waals surface area contributed by atoms with Gasteiger partial charge >= 0.3 is 0 Å². The highest BCUT2D eigenvalue weighted by Crippen LogP contribution is 2.22. The molecular formula is C14H21FN2S. The number of halogens is 1. The number of nitrogens with zero attached hydrogens (tertiary/aromatic N) is 1. The zero-order chi connectivity index (χ0) is 13.5. The fraction of sp³-hybridized carbons (Fsp3) is 0.500. The van der Waals surface area contributed by atoms with E-state index < -0.39 is 0 Å². The molecule has 0 fully saturated rings. The molecule has 18 heavy (non-hydrogen) atoms. The highest BCUT2D eigenvalue weighted by Gasteiger charge is 2.21. The SMILES string of the molecule is CCCN(CCC)C(C(N)=S)c1ccc(F)cc1. The Balaban J connectivity index is 2.99. The van der Waals surface area contributed by atoms with E-state index in [1.165, 1.54) is 12.1 Å². The first-order valence-electron chi connectivity index (χ1n) is 6.39. The molecule has 4 heteroatoms. The Labute approximate surface area is 114 Å². The summed E-state index contributed by atoms with van der Waals surface area (Å²) < 4.78 is 13.0. The molecule has 0 aliphatic heterocycles. The molecule has 0 aliphatic carbocycles. The average molecular weight is 268 g/mol. The third-order valence-electron chi connectivity index (χ3n) is 2.84. The van der Waals surface area contributed by atoms with Crippen molar-refractivity contribution in [2.45, 2.75) is 32.7 Å². The Bertz CT molecular complexity index is 372. The molecule has 2 nitrogen and oxygen atoms in total. The lowest BCUT2D eigenvalue weighted by atomic mass is 10.0. The van der Waals surface area contributed by atoms with E-state index in [9.17, 15) is 4.39 Å². The standard InChI is InChI=1S/C14H21FN2S/c1-3-9-17(10-4-2)13(14(16)18)11-5-7-12(15)8-6-11/h5-8,13H,3-4,9-10H2,1-2H3,(H2,16,18). The van der Waals surface area contributed by atoms with Crippen molar-refractivity contribution in [3.63, 3.8) is 0 Å². The molecule has 0 spiro atoms. The van der Waals surface area contributed by atoms with Crippen molar-refractivity contribution in [2.24, 2.45) is 5.73 Å². The predicted molar refractivity (Wildman–Crippen MR) is 78.1 cm³/mol. The number of nitrogens with two attached hydrogens (primary N) is 1. The van der Waals surface area contributed by atoms with E-state index in [1.54, 1.807) is 12.1 Å². The number of rotatable bonds is 7. The van der Waals surface area contributed by atoms with Gasteiger partial charge in [0.2, 0.25) is 0 Å². The quantitative estimate of drug-likeness (QED) is 0.770. The van der Waals surface area contributed by atoms with Gasteiger partial charge in [0.15, 0.2) is 0 Å². The molecule has 0 saturated heterocycles. The minimum Gasteiger partial charge on any atom is -0.392 e. The maximum absolute atomic E-state index is 13.0. The second-order valence-corrected chi connectivity index (χ2v) is 4.86. The van der Waals surface area contributed by atoms with E-state index in [0.717, 1.165) is 31.5 Å². The number of hydrogen-bond acceptors (Lipinski definition) is 2. The summed E-state index contributed by atoms with van der Waals surface area (Å²) in [5, 5.41) is 0. The second kappa shape index (κ2) is 7.44. The second-order valence-electron chi connectivity index (χ2n) is 4.39. The van der Waals surface area contributed by atoms with Gasteiger partial charge in [-0.3, -0.25) is 4.90 Å². The van der Waals surface area contributed by atoms with Gasteiger partial charge in [-0.2, -0.15) is 0 Å².